The summed E-state index contributed by atoms with van der Waals surface area (Å²) in [6, 6.07) is 5.54. The molecule has 0 spiro atoms. The predicted octanol–water partition coefficient (Wildman–Crippen LogP) is 2.55. The zero-order valence-electron chi connectivity index (χ0n) is 8.37. The molecule has 1 aromatic carbocycles. The zero-order chi connectivity index (χ0) is 10.8. The number of rotatable bonds is 1. The van der Waals surface area contributed by atoms with Crippen LogP contribution in [0.25, 0.3) is 0 Å². The van der Waals surface area contributed by atoms with E-state index in [9.17, 15) is 4.79 Å². The van der Waals surface area contributed by atoms with Gasteiger partial charge in [0.15, 0.2) is 0 Å². The molecule has 1 amide bonds. The fraction of sp³-hybridized carbons (Fsp3) is 0.364. The number of hydrogen-bond acceptors (Lipinski definition) is 2. The molecule has 80 valence electrons. The van der Waals surface area contributed by atoms with Crippen molar-refractivity contribution >= 4 is 33.2 Å². The second-order valence-electron chi connectivity index (χ2n) is 3.71. The summed E-state index contributed by atoms with van der Waals surface area (Å²) in [5, 5.41) is 0. The van der Waals surface area contributed by atoms with Crippen LogP contribution in [0.1, 0.15) is 19.3 Å². The van der Waals surface area contributed by atoms with E-state index < -0.39 is 0 Å². The summed E-state index contributed by atoms with van der Waals surface area (Å²) in [5.74, 6) is 0.188. The Morgan fingerprint density at radius 2 is 2.13 bits per heavy atom. The molecule has 4 heteroatoms. The number of carbonyl (C=O) groups is 1. The average Bonchev–Trinajstić information content (AvgIpc) is 2.23. The number of anilines is 2. The van der Waals surface area contributed by atoms with Gasteiger partial charge in [-0.25, -0.2) is 0 Å². The molecular formula is C11H13BrN2O. The van der Waals surface area contributed by atoms with Crippen LogP contribution in [0.2, 0.25) is 0 Å². The molecule has 3 nitrogen and oxygen atoms in total. The number of hydrogen-bond donors (Lipinski definition) is 1. The van der Waals surface area contributed by atoms with Crippen molar-refractivity contribution in [2.24, 2.45) is 0 Å². The molecule has 0 aliphatic carbocycles. The topological polar surface area (TPSA) is 46.3 Å². The van der Waals surface area contributed by atoms with Gasteiger partial charge in [-0.2, -0.15) is 0 Å². The van der Waals surface area contributed by atoms with Crippen LogP contribution in [0.4, 0.5) is 11.4 Å². The standard InChI is InChI=1S/C11H13BrN2O/c12-9-5-4-8(13)7-10(9)14-6-2-1-3-11(14)15/h4-5,7H,1-3,6,13H2. The first-order chi connectivity index (χ1) is 7.18. The van der Waals surface area contributed by atoms with Crippen molar-refractivity contribution in [2.45, 2.75) is 19.3 Å². The highest BCUT2D eigenvalue weighted by molar-refractivity contribution is 9.10. The van der Waals surface area contributed by atoms with Crippen molar-refractivity contribution in [1.29, 1.82) is 0 Å². The Morgan fingerprint density at radius 1 is 1.33 bits per heavy atom. The van der Waals surface area contributed by atoms with E-state index in [1.807, 2.05) is 23.1 Å². The van der Waals surface area contributed by atoms with Gasteiger partial charge in [0.1, 0.15) is 0 Å². The highest BCUT2D eigenvalue weighted by atomic mass is 79.9. The second kappa shape index (κ2) is 4.23. The van der Waals surface area contributed by atoms with Gasteiger partial charge >= 0.3 is 0 Å². The number of carbonyl (C=O) groups excluding carboxylic acids is 1. The summed E-state index contributed by atoms with van der Waals surface area (Å²) < 4.78 is 0.923. The van der Waals surface area contributed by atoms with Gasteiger partial charge in [0, 0.05) is 23.1 Å². The summed E-state index contributed by atoms with van der Waals surface area (Å²) in [4.78, 5) is 13.5. The van der Waals surface area contributed by atoms with Crippen molar-refractivity contribution in [3.05, 3.63) is 22.7 Å². The number of nitrogens with zero attached hydrogens (tertiary/aromatic N) is 1. The smallest absolute Gasteiger partial charge is 0.227 e. The molecule has 1 aromatic rings. The molecule has 1 aliphatic rings. The monoisotopic (exact) mass is 268 g/mol. The summed E-state index contributed by atoms with van der Waals surface area (Å²) in [7, 11) is 0. The highest BCUT2D eigenvalue weighted by Gasteiger charge is 2.21. The third-order valence-electron chi connectivity index (χ3n) is 2.58. The maximum absolute atomic E-state index is 11.7. The second-order valence-corrected chi connectivity index (χ2v) is 4.57. The number of amides is 1. The maximum Gasteiger partial charge on any atom is 0.227 e. The third kappa shape index (κ3) is 2.15. The summed E-state index contributed by atoms with van der Waals surface area (Å²) >= 11 is 3.44. The lowest BCUT2D eigenvalue weighted by Crippen LogP contribution is -2.35. The van der Waals surface area contributed by atoms with E-state index in [4.69, 9.17) is 5.73 Å². The Labute approximate surface area is 97.4 Å². The molecule has 2 N–H and O–H groups in total. The summed E-state index contributed by atoms with van der Waals surface area (Å²) in [5.41, 5.74) is 7.30. The van der Waals surface area contributed by atoms with Crippen LogP contribution < -0.4 is 10.6 Å². The molecule has 0 radical (unpaired) electrons. The lowest BCUT2D eigenvalue weighted by Gasteiger charge is -2.27. The quantitative estimate of drug-likeness (QED) is 0.796. The third-order valence-corrected chi connectivity index (χ3v) is 3.25. The van der Waals surface area contributed by atoms with E-state index in [1.54, 1.807) is 0 Å². The fourth-order valence-electron chi connectivity index (χ4n) is 1.80. The first-order valence-corrected chi connectivity index (χ1v) is 5.83. The lowest BCUT2D eigenvalue weighted by atomic mass is 10.1. The van der Waals surface area contributed by atoms with Crippen molar-refractivity contribution in [1.82, 2.24) is 0 Å². The first kappa shape index (κ1) is 10.5. The summed E-state index contributed by atoms with van der Waals surface area (Å²) in [6.07, 6.45) is 2.70. The number of benzene rings is 1. The van der Waals surface area contributed by atoms with Gasteiger partial charge in [0.25, 0.3) is 0 Å². The van der Waals surface area contributed by atoms with Crippen LogP contribution in [0, 0.1) is 0 Å². The van der Waals surface area contributed by atoms with E-state index >= 15 is 0 Å². The van der Waals surface area contributed by atoms with Crippen LogP contribution in [-0.4, -0.2) is 12.5 Å². The number of nitrogen functional groups attached to an aromatic ring is 1. The van der Waals surface area contributed by atoms with Gasteiger partial charge in [-0.1, -0.05) is 0 Å². The van der Waals surface area contributed by atoms with Crippen LogP contribution in [0.3, 0.4) is 0 Å². The van der Waals surface area contributed by atoms with Crippen molar-refractivity contribution in [3.8, 4) is 0 Å². The summed E-state index contributed by atoms with van der Waals surface area (Å²) in [6.45, 7) is 0.793. The Hall–Kier alpha value is -1.03. The number of nitrogens with two attached hydrogens (primary N) is 1. The van der Waals surface area contributed by atoms with Crippen molar-refractivity contribution in [3.63, 3.8) is 0 Å². The van der Waals surface area contributed by atoms with Gasteiger partial charge in [0.05, 0.1) is 5.69 Å². The Morgan fingerprint density at radius 3 is 2.87 bits per heavy atom. The molecule has 2 rings (SSSR count). The molecule has 0 bridgehead atoms. The molecule has 1 aliphatic heterocycles. The molecule has 1 saturated heterocycles. The molecule has 0 atom stereocenters. The molecular weight excluding hydrogens is 256 g/mol. The zero-order valence-corrected chi connectivity index (χ0v) is 9.96. The lowest BCUT2D eigenvalue weighted by molar-refractivity contribution is -0.119. The van der Waals surface area contributed by atoms with Gasteiger partial charge in [-0.3, -0.25) is 4.79 Å². The van der Waals surface area contributed by atoms with Gasteiger partial charge < -0.3 is 10.6 Å². The minimum atomic E-state index is 0.188. The molecule has 0 aromatic heterocycles. The highest BCUT2D eigenvalue weighted by Crippen LogP contribution is 2.30. The SMILES string of the molecule is Nc1ccc(Br)c(N2CCCCC2=O)c1. The van der Waals surface area contributed by atoms with Crippen LogP contribution in [-0.2, 0) is 4.79 Å². The first-order valence-electron chi connectivity index (χ1n) is 5.04. The Kier molecular flexibility index (Phi) is 2.95. The largest absolute Gasteiger partial charge is 0.399 e. The van der Waals surface area contributed by atoms with Crippen molar-refractivity contribution in [2.75, 3.05) is 17.2 Å². The van der Waals surface area contributed by atoms with Crippen molar-refractivity contribution < 1.29 is 4.79 Å². The normalized spacial score (nSPS) is 16.9. The predicted molar refractivity (Wildman–Crippen MR) is 64.8 cm³/mol. The van der Waals surface area contributed by atoms with Crippen LogP contribution >= 0.6 is 15.9 Å². The molecule has 0 unspecified atom stereocenters. The maximum atomic E-state index is 11.7. The Bertz CT molecular complexity index is 392. The van der Waals surface area contributed by atoms with E-state index in [0.717, 1.165) is 29.5 Å². The molecule has 0 saturated carbocycles. The number of piperidine rings is 1. The van der Waals surface area contributed by atoms with E-state index in [-0.39, 0.29) is 5.91 Å². The number of halogens is 1. The van der Waals surface area contributed by atoms with E-state index in [0.29, 0.717) is 12.1 Å². The minimum absolute atomic E-state index is 0.188. The Balaban J connectivity index is 2.34. The molecule has 1 fully saturated rings. The van der Waals surface area contributed by atoms with Gasteiger partial charge in [0.2, 0.25) is 5.91 Å². The van der Waals surface area contributed by atoms with Gasteiger partial charge in [-0.05, 0) is 47.0 Å². The molecule has 1 heterocycles. The molecule has 15 heavy (non-hydrogen) atoms. The van der Waals surface area contributed by atoms with Crippen LogP contribution in [0.15, 0.2) is 22.7 Å². The van der Waals surface area contributed by atoms with E-state index in [2.05, 4.69) is 15.9 Å². The van der Waals surface area contributed by atoms with Crippen LogP contribution in [0.5, 0.6) is 0 Å². The van der Waals surface area contributed by atoms with Gasteiger partial charge in [-0.15, -0.1) is 0 Å². The fourth-order valence-corrected chi connectivity index (χ4v) is 2.26. The average molecular weight is 269 g/mol. The minimum Gasteiger partial charge on any atom is -0.399 e. The van der Waals surface area contributed by atoms with E-state index in [1.165, 1.54) is 0 Å².